The molecular formula is C46H53N3O9. The summed E-state index contributed by atoms with van der Waals surface area (Å²) in [6.07, 6.45) is 9.67. The van der Waals surface area contributed by atoms with E-state index in [-0.39, 0.29) is 80.6 Å². The predicted molar refractivity (Wildman–Crippen MR) is 216 cm³/mol. The molecule has 0 bridgehead atoms. The number of benzene rings is 2. The molecule has 0 spiro atoms. The van der Waals surface area contributed by atoms with Gasteiger partial charge in [0, 0.05) is 59.6 Å². The maximum atomic E-state index is 13.6. The first-order valence-corrected chi connectivity index (χ1v) is 20.3. The van der Waals surface area contributed by atoms with Crippen LogP contribution < -0.4 is 11.1 Å². The Kier molecular flexibility index (Phi) is 11.6. The summed E-state index contributed by atoms with van der Waals surface area (Å²) < 4.78 is 10.7. The van der Waals surface area contributed by atoms with Gasteiger partial charge in [-0.05, 0) is 96.7 Å². The van der Waals surface area contributed by atoms with Crippen LogP contribution in [0.25, 0.3) is 10.8 Å². The zero-order valence-corrected chi connectivity index (χ0v) is 33.3. The summed E-state index contributed by atoms with van der Waals surface area (Å²) in [4.78, 5) is 68.3. The van der Waals surface area contributed by atoms with Crippen molar-refractivity contribution in [3.05, 3.63) is 95.9 Å². The van der Waals surface area contributed by atoms with Crippen LogP contribution in [0.15, 0.2) is 84.7 Å². The number of aliphatic hydroxyl groups is 2. The van der Waals surface area contributed by atoms with Crippen LogP contribution in [0.4, 0.5) is 5.69 Å². The number of nitrogens with two attached hydrogens (primary N) is 1. The largest absolute Gasteiger partial charge is 0.461 e. The molecule has 0 unspecified atom stereocenters. The molecule has 5 N–H and O–H groups in total. The molecule has 4 aliphatic rings. The molecule has 0 radical (unpaired) electrons. The SMILES string of the molecule is C[C@H]1C[C@@H]2[C@H]([C@@H](O)C[C@@]3(C)[C@H]2CC[C@]3(O)C(=O)COC(=O)CCCC(=O)OCc2ccc([C@@H](CN)C(=O)Nc3ccc4cnccc4c3)cc2)[C@@]2(C)C=CC(=O)C=C12. The third-order valence-corrected chi connectivity index (χ3v) is 13.8. The van der Waals surface area contributed by atoms with Crippen molar-refractivity contribution < 1.29 is 43.7 Å². The standard InChI is InChI=1S/C46H53N3O9/c1-27-19-34-36-14-17-46(56,45(36,3)22-38(51)42(34)44(2)16-13-33(50)21-37(27)44)39(52)26-58-41(54)6-4-5-40(53)57-25-28-7-9-29(10-8-28)35(23-47)43(55)49-32-12-11-31-24-48-18-15-30(31)20-32/h7-13,15-16,18,20-21,24,27,34-36,38,42,51,56H,4-6,14,17,19,22-23,25-26,47H2,1-3H3,(H,49,55)/t27-,34-,35+,36-,38-,42+,44-,45-,46-/m0/s1. The number of pyridine rings is 1. The number of ether oxygens (including phenoxy) is 2. The number of amides is 1. The molecule has 12 nitrogen and oxygen atoms in total. The summed E-state index contributed by atoms with van der Waals surface area (Å²) in [7, 11) is 0. The zero-order valence-electron chi connectivity index (χ0n) is 33.3. The summed E-state index contributed by atoms with van der Waals surface area (Å²) in [5, 5.41) is 28.5. The Labute approximate surface area is 338 Å². The van der Waals surface area contributed by atoms with Gasteiger partial charge >= 0.3 is 11.9 Å². The molecule has 7 rings (SSSR count). The number of ketones is 2. The Morgan fingerprint density at radius 2 is 1.76 bits per heavy atom. The van der Waals surface area contributed by atoms with Crippen molar-refractivity contribution in [2.45, 2.75) is 89.9 Å². The minimum absolute atomic E-state index is 0.00450. The highest BCUT2D eigenvalue weighted by Crippen LogP contribution is 2.67. The van der Waals surface area contributed by atoms with Crippen LogP contribution in [0, 0.1) is 34.5 Å². The van der Waals surface area contributed by atoms with Gasteiger partial charge in [0.1, 0.15) is 12.2 Å². The Balaban J connectivity index is 0.849. The number of hydrogen-bond donors (Lipinski definition) is 4. The highest BCUT2D eigenvalue weighted by Gasteiger charge is 2.68. The number of nitrogens with one attached hydrogen (secondary N) is 1. The second-order valence-electron chi connectivity index (χ2n) is 17.2. The second-order valence-corrected chi connectivity index (χ2v) is 17.2. The summed E-state index contributed by atoms with van der Waals surface area (Å²) in [5.41, 5.74) is 5.95. The van der Waals surface area contributed by atoms with E-state index in [1.165, 1.54) is 0 Å². The van der Waals surface area contributed by atoms with E-state index in [2.05, 4.69) is 24.1 Å². The second kappa shape index (κ2) is 16.3. The number of nitrogens with zero attached hydrogens (tertiary/aromatic N) is 1. The van der Waals surface area contributed by atoms with Crippen LogP contribution in [-0.2, 0) is 40.1 Å². The summed E-state index contributed by atoms with van der Waals surface area (Å²) >= 11 is 0. The van der Waals surface area contributed by atoms with Crippen LogP contribution in [0.3, 0.4) is 0 Å². The minimum atomic E-state index is -1.77. The molecule has 1 heterocycles. The highest BCUT2D eigenvalue weighted by atomic mass is 16.5. The van der Waals surface area contributed by atoms with E-state index in [0.717, 1.165) is 28.3 Å². The first-order chi connectivity index (χ1) is 27.7. The van der Waals surface area contributed by atoms with Crippen molar-refractivity contribution >= 4 is 45.9 Å². The minimum Gasteiger partial charge on any atom is -0.461 e. The van der Waals surface area contributed by atoms with Gasteiger partial charge in [0.25, 0.3) is 0 Å². The predicted octanol–water partition coefficient (Wildman–Crippen LogP) is 5.50. The van der Waals surface area contributed by atoms with Crippen LogP contribution in [-0.4, -0.2) is 69.5 Å². The lowest BCUT2D eigenvalue weighted by atomic mass is 9.45. The lowest BCUT2D eigenvalue weighted by molar-refractivity contribution is -0.182. The number of hydrogen-bond acceptors (Lipinski definition) is 11. The maximum Gasteiger partial charge on any atom is 0.306 e. The average molecular weight is 792 g/mol. The van der Waals surface area contributed by atoms with Crippen LogP contribution in [0.2, 0.25) is 0 Å². The van der Waals surface area contributed by atoms with Crippen molar-refractivity contribution in [2.24, 2.45) is 40.2 Å². The van der Waals surface area contributed by atoms with E-state index in [9.17, 15) is 34.2 Å². The number of Topliss-reactive ketones (excluding diaryl/α,β-unsaturated/α-hetero) is 1. The van der Waals surface area contributed by atoms with Crippen molar-refractivity contribution in [3.8, 4) is 0 Å². The average Bonchev–Trinajstić information content (AvgIpc) is 3.47. The zero-order chi connectivity index (χ0) is 41.4. The normalized spacial score (nSPS) is 30.3. The third kappa shape index (κ3) is 7.65. The fourth-order valence-corrected chi connectivity index (χ4v) is 10.8. The van der Waals surface area contributed by atoms with Gasteiger partial charge in [0.2, 0.25) is 11.7 Å². The van der Waals surface area contributed by atoms with Crippen LogP contribution in [0.5, 0.6) is 0 Å². The Bertz CT molecular complexity index is 2170. The number of fused-ring (bicyclic) bond motifs is 6. The molecule has 4 aliphatic carbocycles. The molecule has 3 aromatic rings. The summed E-state index contributed by atoms with van der Waals surface area (Å²) in [6, 6.07) is 14.5. The third-order valence-electron chi connectivity index (χ3n) is 13.8. The molecule has 1 aromatic heterocycles. The number of esters is 2. The monoisotopic (exact) mass is 791 g/mol. The highest BCUT2D eigenvalue weighted by molar-refractivity contribution is 6.01. The molecule has 306 valence electrons. The molecule has 12 heteroatoms. The fourth-order valence-electron chi connectivity index (χ4n) is 10.8. The molecule has 0 aliphatic heterocycles. The Hall–Kier alpha value is -5.04. The topological polar surface area (TPSA) is 195 Å². The van der Waals surface area contributed by atoms with Crippen molar-refractivity contribution in [2.75, 3.05) is 18.5 Å². The summed E-state index contributed by atoms with van der Waals surface area (Å²) in [5.74, 6) is -2.64. The fraction of sp³-hybridized carbons (Fsp3) is 0.478. The van der Waals surface area contributed by atoms with Crippen molar-refractivity contribution in [1.82, 2.24) is 4.98 Å². The molecular weight excluding hydrogens is 739 g/mol. The number of carbonyl (C=O) groups excluding carboxylic acids is 5. The Morgan fingerprint density at radius 3 is 2.50 bits per heavy atom. The summed E-state index contributed by atoms with van der Waals surface area (Å²) in [6.45, 7) is 5.57. The van der Waals surface area contributed by atoms with Gasteiger partial charge in [0.15, 0.2) is 12.4 Å². The maximum absolute atomic E-state index is 13.6. The van der Waals surface area contributed by atoms with E-state index < -0.39 is 52.8 Å². The number of anilines is 1. The number of carbonyl (C=O) groups is 5. The van der Waals surface area contributed by atoms with Crippen LogP contribution >= 0.6 is 0 Å². The van der Waals surface area contributed by atoms with Crippen molar-refractivity contribution in [3.63, 3.8) is 0 Å². The van der Waals surface area contributed by atoms with E-state index in [1.807, 2.05) is 37.3 Å². The molecule has 9 atom stereocenters. The van der Waals surface area contributed by atoms with E-state index in [0.29, 0.717) is 17.7 Å². The molecule has 3 saturated carbocycles. The number of aliphatic hydroxyl groups excluding tert-OH is 1. The first-order valence-electron chi connectivity index (χ1n) is 20.3. The quantitative estimate of drug-likeness (QED) is 0.160. The number of aromatic nitrogens is 1. The van der Waals surface area contributed by atoms with Gasteiger partial charge in [-0.1, -0.05) is 62.8 Å². The van der Waals surface area contributed by atoms with Crippen molar-refractivity contribution in [1.29, 1.82) is 0 Å². The van der Waals surface area contributed by atoms with Gasteiger partial charge in [0.05, 0.1) is 12.0 Å². The molecule has 2 aromatic carbocycles. The number of rotatable bonds is 13. The number of allylic oxidation sites excluding steroid dienone is 4. The Morgan fingerprint density at radius 1 is 1.02 bits per heavy atom. The molecule has 3 fully saturated rings. The van der Waals surface area contributed by atoms with E-state index in [4.69, 9.17) is 15.2 Å². The van der Waals surface area contributed by atoms with Gasteiger partial charge in [-0.2, -0.15) is 0 Å². The lowest BCUT2D eigenvalue weighted by Crippen LogP contribution is -2.62. The smallest absolute Gasteiger partial charge is 0.306 e. The van der Waals surface area contributed by atoms with Gasteiger partial charge in [-0.15, -0.1) is 0 Å². The molecule has 1 amide bonds. The van der Waals surface area contributed by atoms with Crippen LogP contribution in [0.1, 0.15) is 82.8 Å². The van der Waals surface area contributed by atoms with Gasteiger partial charge < -0.3 is 30.7 Å². The van der Waals surface area contributed by atoms with Gasteiger partial charge in [-0.25, -0.2) is 0 Å². The first kappa shape index (κ1) is 41.1. The molecule has 0 saturated heterocycles. The lowest BCUT2D eigenvalue weighted by Gasteiger charge is -2.60. The van der Waals surface area contributed by atoms with Gasteiger partial charge in [-0.3, -0.25) is 29.0 Å². The van der Waals surface area contributed by atoms with E-state index in [1.54, 1.807) is 48.8 Å². The van der Waals surface area contributed by atoms with E-state index >= 15 is 0 Å². The molecule has 58 heavy (non-hydrogen) atoms.